The number of hydrogen-bond acceptors (Lipinski definition) is 5. The van der Waals surface area contributed by atoms with Gasteiger partial charge in [-0.3, -0.25) is 4.98 Å². The topological polar surface area (TPSA) is 61.5 Å². The Balaban J connectivity index is 1.52. The van der Waals surface area contributed by atoms with Crippen molar-refractivity contribution >= 4 is 34.8 Å². The first-order valence-corrected chi connectivity index (χ1v) is 11.4. The van der Waals surface area contributed by atoms with Crippen LogP contribution in [0.4, 0.5) is 5.69 Å². The third-order valence-corrected chi connectivity index (χ3v) is 6.60. The highest BCUT2D eigenvalue weighted by molar-refractivity contribution is 7.99. The molecule has 5 nitrogen and oxygen atoms in total. The van der Waals surface area contributed by atoms with E-state index in [1.807, 2.05) is 47.4 Å². The lowest BCUT2D eigenvalue weighted by atomic mass is 10.0. The summed E-state index contributed by atoms with van der Waals surface area (Å²) in [4.78, 5) is 7.70. The average molecular weight is 460 g/mol. The van der Waals surface area contributed by atoms with Crippen LogP contribution in [0.3, 0.4) is 0 Å². The van der Waals surface area contributed by atoms with Crippen LogP contribution in [0.25, 0.3) is 0 Å². The molecule has 3 heterocycles. The normalized spacial score (nSPS) is 18.0. The van der Waals surface area contributed by atoms with Crippen LogP contribution in [0.5, 0.6) is 5.75 Å². The molecule has 0 aliphatic carbocycles. The van der Waals surface area contributed by atoms with Gasteiger partial charge in [-0.05, 0) is 79.8 Å². The molecule has 32 heavy (non-hydrogen) atoms. The highest BCUT2D eigenvalue weighted by atomic mass is 32.2. The van der Waals surface area contributed by atoms with Crippen molar-refractivity contribution in [2.75, 3.05) is 4.90 Å². The summed E-state index contributed by atoms with van der Waals surface area (Å²) in [6.07, 6.45) is 1.78. The van der Waals surface area contributed by atoms with Gasteiger partial charge in [0.05, 0.1) is 11.7 Å². The van der Waals surface area contributed by atoms with Crippen LogP contribution in [-0.2, 0) is 0 Å². The van der Waals surface area contributed by atoms with E-state index in [0.717, 1.165) is 27.1 Å². The predicted molar refractivity (Wildman–Crippen MR) is 130 cm³/mol. The number of furan rings is 1. The highest BCUT2D eigenvalue weighted by Crippen LogP contribution is 2.43. The van der Waals surface area contributed by atoms with Crippen molar-refractivity contribution in [3.8, 4) is 5.75 Å². The smallest absolute Gasteiger partial charge is 0.174 e. The lowest BCUT2D eigenvalue weighted by molar-refractivity contribution is 0.383. The van der Waals surface area contributed by atoms with Crippen molar-refractivity contribution in [2.45, 2.75) is 29.0 Å². The minimum absolute atomic E-state index is 0.180. The predicted octanol–water partition coefficient (Wildman–Crippen LogP) is 6.02. The van der Waals surface area contributed by atoms with Gasteiger partial charge in [0.1, 0.15) is 17.6 Å². The summed E-state index contributed by atoms with van der Waals surface area (Å²) in [5, 5.41) is 14.5. The first-order valence-electron chi connectivity index (χ1n) is 10.2. The number of aromatic nitrogens is 1. The summed E-state index contributed by atoms with van der Waals surface area (Å²) in [5.41, 5.74) is 2.97. The molecule has 0 bridgehead atoms. The maximum Gasteiger partial charge on any atom is 0.174 e. The Labute approximate surface area is 196 Å². The van der Waals surface area contributed by atoms with Gasteiger partial charge in [0.15, 0.2) is 10.2 Å². The van der Waals surface area contributed by atoms with Crippen molar-refractivity contribution in [1.29, 1.82) is 0 Å². The van der Waals surface area contributed by atoms with Crippen molar-refractivity contribution in [3.05, 3.63) is 102 Å². The molecule has 0 amide bonds. The quantitative estimate of drug-likeness (QED) is 0.354. The highest BCUT2D eigenvalue weighted by Gasteiger charge is 2.42. The minimum Gasteiger partial charge on any atom is -0.508 e. The SMILES string of the molecule is Cc1ccc(Sc2ccc([C@@H]3[C@H](c4ccccn4)NC(=S)N3c3ccc(O)cc3)o2)cc1. The molecule has 1 fully saturated rings. The van der Waals surface area contributed by atoms with Gasteiger partial charge < -0.3 is 19.7 Å². The van der Waals surface area contributed by atoms with E-state index in [9.17, 15) is 5.11 Å². The molecule has 1 saturated heterocycles. The summed E-state index contributed by atoms with van der Waals surface area (Å²) in [6, 6.07) is 24.8. The first kappa shape index (κ1) is 20.6. The van der Waals surface area contributed by atoms with Gasteiger partial charge in [0, 0.05) is 16.8 Å². The first-order chi connectivity index (χ1) is 15.6. The number of hydrogen-bond donors (Lipinski definition) is 2. The van der Waals surface area contributed by atoms with Crippen LogP contribution in [-0.4, -0.2) is 15.2 Å². The molecule has 0 radical (unpaired) electrons. The Bertz CT molecular complexity index is 1220. The number of pyridine rings is 1. The standard InChI is InChI=1S/C25H21N3O2S2/c1-16-5-11-19(12-6-16)32-22-14-13-21(30-22)24-23(20-4-2-3-15-26-20)27-25(31)28(24)17-7-9-18(29)10-8-17/h2-15,23-24,29H,1H3,(H,27,31)/t23-,24+/m0/s1. The lowest BCUT2D eigenvalue weighted by Gasteiger charge is -2.26. The number of phenolic OH excluding ortho intramolecular Hbond substituents is 1. The number of benzene rings is 2. The van der Waals surface area contributed by atoms with Gasteiger partial charge in [0.25, 0.3) is 0 Å². The summed E-state index contributed by atoms with van der Waals surface area (Å²) in [6.45, 7) is 2.07. The van der Waals surface area contributed by atoms with E-state index in [-0.39, 0.29) is 17.8 Å². The van der Waals surface area contributed by atoms with E-state index < -0.39 is 0 Å². The zero-order chi connectivity index (χ0) is 22.1. The molecule has 2 aromatic heterocycles. The number of nitrogens with zero attached hydrogens (tertiary/aromatic N) is 2. The van der Waals surface area contributed by atoms with Crippen molar-refractivity contribution < 1.29 is 9.52 Å². The maximum atomic E-state index is 9.74. The molecular formula is C25H21N3O2S2. The number of nitrogens with one attached hydrogen (secondary N) is 1. The molecule has 2 atom stereocenters. The zero-order valence-corrected chi connectivity index (χ0v) is 18.9. The van der Waals surface area contributed by atoms with Gasteiger partial charge in [0.2, 0.25) is 0 Å². The van der Waals surface area contributed by atoms with Crippen LogP contribution in [0.15, 0.2) is 99.5 Å². The van der Waals surface area contributed by atoms with E-state index in [2.05, 4.69) is 41.5 Å². The maximum absolute atomic E-state index is 9.74. The van der Waals surface area contributed by atoms with E-state index in [4.69, 9.17) is 16.6 Å². The second kappa shape index (κ2) is 8.68. The third-order valence-electron chi connectivity index (χ3n) is 5.36. The number of thiocarbonyl (C=S) groups is 1. The Morgan fingerprint density at radius 3 is 2.50 bits per heavy atom. The summed E-state index contributed by atoms with van der Waals surface area (Å²) in [5.74, 6) is 0.995. The Morgan fingerprint density at radius 1 is 1.00 bits per heavy atom. The molecule has 5 rings (SSSR count). The van der Waals surface area contributed by atoms with Gasteiger partial charge in [-0.25, -0.2) is 0 Å². The van der Waals surface area contributed by atoms with Crippen molar-refractivity contribution in [3.63, 3.8) is 0 Å². The molecule has 4 aromatic rings. The Morgan fingerprint density at radius 2 is 1.78 bits per heavy atom. The fourth-order valence-electron chi connectivity index (χ4n) is 3.81. The average Bonchev–Trinajstić information content (AvgIpc) is 3.40. The fraction of sp³-hybridized carbons (Fsp3) is 0.120. The molecule has 0 unspecified atom stereocenters. The number of aromatic hydroxyl groups is 1. The van der Waals surface area contributed by atoms with Gasteiger partial charge in [-0.1, -0.05) is 35.5 Å². The number of aryl methyl sites for hydroxylation is 1. The molecule has 160 valence electrons. The largest absolute Gasteiger partial charge is 0.508 e. The van der Waals surface area contributed by atoms with Crippen molar-refractivity contribution in [1.82, 2.24) is 10.3 Å². The van der Waals surface area contributed by atoms with E-state index in [1.54, 1.807) is 30.1 Å². The van der Waals surface area contributed by atoms with Crippen LogP contribution in [0.2, 0.25) is 0 Å². The monoisotopic (exact) mass is 459 g/mol. The second-order valence-corrected chi connectivity index (χ2v) is 9.05. The van der Waals surface area contributed by atoms with Gasteiger partial charge in [-0.2, -0.15) is 0 Å². The summed E-state index contributed by atoms with van der Waals surface area (Å²) >= 11 is 7.30. The minimum atomic E-state index is -0.227. The summed E-state index contributed by atoms with van der Waals surface area (Å²) < 4.78 is 6.32. The third kappa shape index (κ3) is 4.09. The van der Waals surface area contributed by atoms with Crippen LogP contribution in [0.1, 0.15) is 29.1 Å². The Kier molecular flexibility index (Phi) is 5.59. The zero-order valence-electron chi connectivity index (χ0n) is 17.3. The van der Waals surface area contributed by atoms with Crippen LogP contribution < -0.4 is 10.2 Å². The second-order valence-electron chi connectivity index (χ2n) is 7.58. The number of anilines is 1. The molecular weight excluding hydrogens is 438 g/mol. The molecule has 2 aromatic carbocycles. The summed E-state index contributed by atoms with van der Waals surface area (Å²) in [7, 11) is 0. The van der Waals surface area contributed by atoms with E-state index >= 15 is 0 Å². The molecule has 1 aliphatic heterocycles. The van der Waals surface area contributed by atoms with Crippen LogP contribution in [0, 0.1) is 6.92 Å². The number of rotatable bonds is 5. The Hall–Kier alpha value is -3.29. The van der Waals surface area contributed by atoms with Crippen LogP contribution >= 0.6 is 24.0 Å². The molecule has 0 spiro atoms. The molecule has 0 saturated carbocycles. The molecule has 2 N–H and O–H groups in total. The molecule has 1 aliphatic rings. The van der Waals surface area contributed by atoms with Crippen molar-refractivity contribution in [2.24, 2.45) is 0 Å². The van der Waals surface area contributed by atoms with E-state index in [1.165, 1.54) is 5.56 Å². The lowest BCUT2D eigenvalue weighted by Crippen LogP contribution is -2.29. The van der Waals surface area contributed by atoms with Gasteiger partial charge >= 0.3 is 0 Å². The fourth-order valence-corrected chi connectivity index (χ4v) is 4.93. The van der Waals surface area contributed by atoms with E-state index in [0.29, 0.717) is 5.11 Å². The van der Waals surface area contributed by atoms with Gasteiger partial charge in [-0.15, -0.1) is 0 Å². The molecule has 7 heteroatoms. The number of phenols is 1.